The van der Waals surface area contributed by atoms with Crippen molar-refractivity contribution in [2.45, 2.75) is 45.2 Å². The Hall–Kier alpha value is -0.740. The van der Waals surface area contributed by atoms with Gasteiger partial charge in [-0.2, -0.15) is 0 Å². The van der Waals surface area contributed by atoms with Crippen LogP contribution < -0.4 is 0 Å². The van der Waals surface area contributed by atoms with Crippen molar-refractivity contribution < 1.29 is 4.79 Å². The van der Waals surface area contributed by atoms with E-state index in [1.165, 1.54) is 4.88 Å². The maximum absolute atomic E-state index is 11.2. The number of hydrogen-bond donors (Lipinski definition) is 0. The third-order valence-corrected chi connectivity index (χ3v) is 4.29. The Kier molecular flexibility index (Phi) is 3.71. The molecule has 16 heavy (non-hydrogen) atoms. The molecular formula is C12H18N2OS. The smallest absolute Gasteiger partial charge is 0.133 e. The summed E-state index contributed by atoms with van der Waals surface area (Å²) in [6.07, 6.45) is 3.56. The lowest BCUT2D eigenvalue weighted by Gasteiger charge is -2.30. The molecule has 1 saturated carbocycles. The van der Waals surface area contributed by atoms with Crippen molar-refractivity contribution >= 4 is 17.1 Å². The first-order valence-corrected chi connectivity index (χ1v) is 6.65. The Labute approximate surface area is 100 Å². The number of Topliss-reactive ketones (excluding diaryl/α,β-unsaturated/α-hetero) is 1. The van der Waals surface area contributed by atoms with Crippen molar-refractivity contribution in [1.29, 1.82) is 0 Å². The van der Waals surface area contributed by atoms with Gasteiger partial charge in [0.2, 0.25) is 0 Å². The standard InChI is InChI=1S/C12H18N2OS/c1-9-12(16-8-13-9)7-14(2)10-3-5-11(15)6-4-10/h8,10H,3-7H2,1-2H3. The lowest BCUT2D eigenvalue weighted by atomic mass is 9.93. The minimum absolute atomic E-state index is 0.429. The van der Waals surface area contributed by atoms with Crippen molar-refractivity contribution in [1.82, 2.24) is 9.88 Å². The minimum Gasteiger partial charge on any atom is -0.300 e. The quantitative estimate of drug-likeness (QED) is 0.810. The summed E-state index contributed by atoms with van der Waals surface area (Å²) in [7, 11) is 2.15. The molecule has 1 aliphatic rings. The molecule has 3 nitrogen and oxygen atoms in total. The zero-order chi connectivity index (χ0) is 11.5. The zero-order valence-corrected chi connectivity index (χ0v) is 10.7. The first-order chi connectivity index (χ1) is 7.66. The fraction of sp³-hybridized carbons (Fsp3) is 0.667. The molecular weight excluding hydrogens is 220 g/mol. The van der Waals surface area contributed by atoms with E-state index in [1.807, 2.05) is 5.51 Å². The molecule has 1 fully saturated rings. The molecule has 1 aliphatic carbocycles. The Bertz CT molecular complexity index is 365. The molecule has 1 aromatic heterocycles. The highest BCUT2D eigenvalue weighted by atomic mass is 32.1. The van der Waals surface area contributed by atoms with Gasteiger partial charge in [-0.05, 0) is 26.8 Å². The van der Waals surface area contributed by atoms with E-state index in [2.05, 4.69) is 23.9 Å². The number of ketones is 1. The fourth-order valence-corrected chi connectivity index (χ4v) is 3.04. The summed E-state index contributed by atoms with van der Waals surface area (Å²) in [5.41, 5.74) is 3.05. The number of hydrogen-bond acceptors (Lipinski definition) is 4. The van der Waals surface area contributed by atoms with E-state index in [4.69, 9.17) is 0 Å². The van der Waals surface area contributed by atoms with E-state index >= 15 is 0 Å². The summed E-state index contributed by atoms with van der Waals surface area (Å²) < 4.78 is 0. The van der Waals surface area contributed by atoms with Crippen molar-refractivity contribution in [3.8, 4) is 0 Å². The normalized spacial score (nSPS) is 18.3. The summed E-state index contributed by atoms with van der Waals surface area (Å²) in [6, 6.07) is 0.569. The molecule has 0 bridgehead atoms. The Morgan fingerprint density at radius 2 is 2.19 bits per heavy atom. The van der Waals surface area contributed by atoms with E-state index in [9.17, 15) is 4.79 Å². The number of aromatic nitrogens is 1. The van der Waals surface area contributed by atoms with Gasteiger partial charge in [-0.1, -0.05) is 0 Å². The van der Waals surface area contributed by atoms with Crippen LogP contribution in [0.2, 0.25) is 0 Å². The molecule has 1 heterocycles. The molecule has 2 rings (SSSR count). The molecule has 0 aromatic carbocycles. The molecule has 0 atom stereocenters. The average molecular weight is 238 g/mol. The molecule has 0 saturated heterocycles. The number of nitrogens with zero attached hydrogens (tertiary/aromatic N) is 2. The van der Waals surface area contributed by atoms with Gasteiger partial charge in [0.1, 0.15) is 5.78 Å². The molecule has 0 amide bonds. The Balaban J connectivity index is 1.91. The number of thiazole rings is 1. The third kappa shape index (κ3) is 2.68. The number of aryl methyl sites for hydroxylation is 1. The van der Waals surface area contributed by atoms with Crippen LogP contribution in [0.5, 0.6) is 0 Å². The van der Waals surface area contributed by atoms with Crippen LogP contribution in [0.25, 0.3) is 0 Å². The maximum atomic E-state index is 11.2. The predicted octanol–water partition coefficient (Wildman–Crippen LogP) is 2.40. The summed E-state index contributed by atoms with van der Waals surface area (Å²) in [5.74, 6) is 0.429. The lowest BCUT2D eigenvalue weighted by Crippen LogP contribution is -2.34. The zero-order valence-electron chi connectivity index (χ0n) is 9.90. The third-order valence-electron chi connectivity index (χ3n) is 3.37. The minimum atomic E-state index is 0.429. The second kappa shape index (κ2) is 5.06. The van der Waals surface area contributed by atoms with Crippen molar-refractivity contribution in [3.63, 3.8) is 0 Å². The Morgan fingerprint density at radius 1 is 1.50 bits per heavy atom. The van der Waals surface area contributed by atoms with Gasteiger partial charge in [0.25, 0.3) is 0 Å². The van der Waals surface area contributed by atoms with Crippen molar-refractivity contribution in [2.24, 2.45) is 0 Å². The van der Waals surface area contributed by atoms with Crippen molar-refractivity contribution in [3.05, 3.63) is 16.1 Å². The van der Waals surface area contributed by atoms with Crippen molar-refractivity contribution in [2.75, 3.05) is 7.05 Å². The highest BCUT2D eigenvalue weighted by Gasteiger charge is 2.22. The SMILES string of the molecule is Cc1ncsc1CN(C)C1CCC(=O)CC1. The van der Waals surface area contributed by atoms with E-state index in [1.54, 1.807) is 11.3 Å². The van der Waals surface area contributed by atoms with Crippen LogP contribution in [-0.2, 0) is 11.3 Å². The van der Waals surface area contributed by atoms with Crippen LogP contribution >= 0.6 is 11.3 Å². The second-order valence-corrected chi connectivity index (χ2v) is 5.49. The monoisotopic (exact) mass is 238 g/mol. The highest BCUT2D eigenvalue weighted by Crippen LogP contribution is 2.22. The largest absolute Gasteiger partial charge is 0.300 e. The van der Waals surface area contributed by atoms with Gasteiger partial charge in [0.15, 0.2) is 0 Å². The van der Waals surface area contributed by atoms with E-state index in [0.29, 0.717) is 11.8 Å². The maximum Gasteiger partial charge on any atom is 0.133 e. The summed E-state index contributed by atoms with van der Waals surface area (Å²) >= 11 is 1.72. The van der Waals surface area contributed by atoms with Crippen LogP contribution in [0.3, 0.4) is 0 Å². The van der Waals surface area contributed by atoms with Crippen LogP contribution in [0.1, 0.15) is 36.3 Å². The highest BCUT2D eigenvalue weighted by molar-refractivity contribution is 7.09. The number of rotatable bonds is 3. The van der Waals surface area contributed by atoms with Gasteiger partial charge in [-0.15, -0.1) is 11.3 Å². The molecule has 0 aliphatic heterocycles. The van der Waals surface area contributed by atoms with E-state index in [0.717, 1.165) is 37.9 Å². The number of carbonyl (C=O) groups is 1. The molecule has 1 aromatic rings. The molecule has 88 valence electrons. The van der Waals surface area contributed by atoms with Gasteiger partial charge in [-0.3, -0.25) is 9.69 Å². The van der Waals surface area contributed by atoms with Gasteiger partial charge < -0.3 is 0 Å². The molecule has 0 unspecified atom stereocenters. The first-order valence-electron chi connectivity index (χ1n) is 5.77. The fourth-order valence-electron chi connectivity index (χ4n) is 2.20. The van der Waals surface area contributed by atoms with Gasteiger partial charge >= 0.3 is 0 Å². The first kappa shape index (κ1) is 11.7. The molecule has 0 spiro atoms. The van der Waals surface area contributed by atoms with E-state index < -0.39 is 0 Å². The topological polar surface area (TPSA) is 33.2 Å². The molecule has 0 radical (unpaired) electrons. The Morgan fingerprint density at radius 3 is 2.75 bits per heavy atom. The number of carbonyl (C=O) groups excluding carboxylic acids is 1. The average Bonchev–Trinajstić information content (AvgIpc) is 2.65. The molecule has 0 N–H and O–H groups in total. The van der Waals surface area contributed by atoms with Gasteiger partial charge in [0, 0.05) is 30.3 Å². The van der Waals surface area contributed by atoms with Gasteiger partial charge in [-0.25, -0.2) is 4.98 Å². The predicted molar refractivity (Wildman–Crippen MR) is 65.6 cm³/mol. The van der Waals surface area contributed by atoms with E-state index in [-0.39, 0.29) is 0 Å². The lowest BCUT2D eigenvalue weighted by molar-refractivity contribution is -0.121. The van der Waals surface area contributed by atoms with Crippen LogP contribution in [0, 0.1) is 6.92 Å². The second-order valence-electron chi connectivity index (χ2n) is 4.55. The van der Waals surface area contributed by atoms with Gasteiger partial charge in [0.05, 0.1) is 11.2 Å². The summed E-state index contributed by atoms with van der Waals surface area (Å²) in [6.45, 7) is 3.03. The van der Waals surface area contributed by atoms with Crippen LogP contribution in [0.15, 0.2) is 5.51 Å². The summed E-state index contributed by atoms with van der Waals surface area (Å²) in [5, 5.41) is 0. The van der Waals surface area contributed by atoms with Crippen LogP contribution in [-0.4, -0.2) is 28.8 Å². The summed E-state index contributed by atoms with van der Waals surface area (Å²) in [4.78, 5) is 19.2. The molecule has 4 heteroatoms. The van der Waals surface area contributed by atoms with Crippen LogP contribution in [0.4, 0.5) is 0 Å².